The maximum absolute atomic E-state index is 10.7. The molecule has 2 unspecified atom stereocenters. The van der Waals surface area contributed by atoms with Crippen molar-refractivity contribution in [1.29, 1.82) is 0 Å². The van der Waals surface area contributed by atoms with Gasteiger partial charge in [-0.25, -0.2) is 0 Å². The third kappa shape index (κ3) is 4.77. The standard InChI is InChI=1S/C15H28N2O2/c1-12-9-16-13(7-8-15(18)19)11-17(10-12)14-5-3-2-4-6-14/h12-14,16H,2-11H2,1H3,(H,18,19). The molecule has 0 aromatic carbocycles. The molecule has 2 atom stereocenters. The summed E-state index contributed by atoms with van der Waals surface area (Å²) in [5, 5.41) is 12.4. The molecule has 110 valence electrons. The number of hydrogen-bond acceptors (Lipinski definition) is 3. The molecule has 4 nitrogen and oxygen atoms in total. The summed E-state index contributed by atoms with van der Waals surface area (Å²) in [5.41, 5.74) is 0. The van der Waals surface area contributed by atoms with Crippen molar-refractivity contribution >= 4 is 5.97 Å². The van der Waals surface area contributed by atoms with Crippen LogP contribution in [0.2, 0.25) is 0 Å². The topological polar surface area (TPSA) is 52.6 Å². The summed E-state index contributed by atoms with van der Waals surface area (Å²) in [6.45, 7) is 5.51. The Morgan fingerprint density at radius 1 is 1.26 bits per heavy atom. The predicted molar refractivity (Wildman–Crippen MR) is 76.3 cm³/mol. The molecular weight excluding hydrogens is 240 g/mol. The highest BCUT2D eigenvalue weighted by atomic mass is 16.4. The van der Waals surface area contributed by atoms with Crippen LogP contribution in [-0.4, -0.2) is 47.7 Å². The fourth-order valence-corrected chi connectivity index (χ4v) is 3.49. The second-order valence-electron chi connectivity index (χ2n) is 6.39. The molecule has 0 amide bonds. The van der Waals surface area contributed by atoms with E-state index in [9.17, 15) is 4.79 Å². The van der Waals surface area contributed by atoms with Gasteiger partial charge in [0.1, 0.15) is 0 Å². The van der Waals surface area contributed by atoms with Crippen molar-refractivity contribution in [2.45, 2.75) is 64.0 Å². The van der Waals surface area contributed by atoms with E-state index in [-0.39, 0.29) is 6.42 Å². The van der Waals surface area contributed by atoms with E-state index in [0.717, 1.165) is 25.6 Å². The molecule has 1 heterocycles. The van der Waals surface area contributed by atoms with Crippen LogP contribution in [0.25, 0.3) is 0 Å². The lowest BCUT2D eigenvalue weighted by atomic mass is 9.93. The summed E-state index contributed by atoms with van der Waals surface area (Å²) in [5.74, 6) is -0.0138. The van der Waals surface area contributed by atoms with Gasteiger partial charge in [-0.3, -0.25) is 9.69 Å². The molecule has 1 saturated carbocycles. The van der Waals surface area contributed by atoms with Crippen LogP contribution in [0, 0.1) is 5.92 Å². The molecule has 0 aromatic heterocycles. The molecule has 0 bridgehead atoms. The molecule has 2 fully saturated rings. The first-order valence-electron chi connectivity index (χ1n) is 7.84. The van der Waals surface area contributed by atoms with Gasteiger partial charge < -0.3 is 10.4 Å². The Morgan fingerprint density at radius 2 is 2.00 bits per heavy atom. The first-order chi connectivity index (χ1) is 9.15. The van der Waals surface area contributed by atoms with Gasteiger partial charge in [0.25, 0.3) is 0 Å². The maximum atomic E-state index is 10.7. The molecule has 0 aromatic rings. The Balaban J connectivity index is 1.90. The number of hydrogen-bond donors (Lipinski definition) is 2. The van der Waals surface area contributed by atoms with Gasteiger partial charge in [-0.05, 0) is 31.7 Å². The number of carbonyl (C=O) groups is 1. The number of carboxylic acid groups (broad SMARTS) is 1. The molecule has 2 aliphatic rings. The van der Waals surface area contributed by atoms with E-state index in [0.29, 0.717) is 12.0 Å². The Bertz CT molecular complexity index is 290. The van der Waals surface area contributed by atoms with Crippen LogP contribution in [0.15, 0.2) is 0 Å². The summed E-state index contributed by atoms with van der Waals surface area (Å²) in [7, 11) is 0. The molecule has 0 radical (unpaired) electrons. The van der Waals surface area contributed by atoms with Crippen molar-refractivity contribution in [2.24, 2.45) is 5.92 Å². The van der Waals surface area contributed by atoms with Crippen molar-refractivity contribution in [2.75, 3.05) is 19.6 Å². The smallest absolute Gasteiger partial charge is 0.303 e. The van der Waals surface area contributed by atoms with Gasteiger partial charge in [0.05, 0.1) is 0 Å². The van der Waals surface area contributed by atoms with E-state index in [1.54, 1.807) is 0 Å². The zero-order valence-corrected chi connectivity index (χ0v) is 12.1. The minimum atomic E-state index is -0.677. The number of nitrogens with one attached hydrogen (secondary N) is 1. The summed E-state index contributed by atoms with van der Waals surface area (Å²) in [4.78, 5) is 13.4. The highest BCUT2D eigenvalue weighted by Crippen LogP contribution is 2.24. The van der Waals surface area contributed by atoms with Crippen molar-refractivity contribution in [1.82, 2.24) is 10.2 Å². The third-order valence-electron chi connectivity index (χ3n) is 4.55. The Hall–Kier alpha value is -0.610. The molecule has 4 heteroatoms. The van der Waals surface area contributed by atoms with E-state index < -0.39 is 5.97 Å². The lowest BCUT2D eigenvalue weighted by Gasteiger charge is -2.35. The van der Waals surface area contributed by atoms with Crippen LogP contribution >= 0.6 is 0 Å². The number of nitrogens with zero attached hydrogens (tertiary/aromatic N) is 1. The van der Waals surface area contributed by atoms with Crippen LogP contribution < -0.4 is 5.32 Å². The van der Waals surface area contributed by atoms with Crippen molar-refractivity contribution in [3.05, 3.63) is 0 Å². The van der Waals surface area contributed by atoms with Crippen LogP contribution in [0.5, 0.6) is 0 Å². The first kappa shape index (κ1) is 14.8. The molecule has 1 aliphatic carbocycles. The molecule has 2 N–H and O–H groups in total. The number of carboxylic acids is 1. The van der Waals surface area contributed by atoms with Gasteiger partial charge in [0.2, 0.25) is 0 Å². The Labute approximate surface area is 116 Å². The number of rotatable bonds is 4. The summed E-state index contributed by atoms with van der Waals surface area (Å²) < 4.78 is 0. The Kier molecular flexibility index (Phi) is 5.64. The number of aliphatic carboxylic acids is 1. The zero-order valence-electron chi connectivity index (χ0n) is 12.1. The Morgan fingerprint density at radius 3 is 2.68 bits per heavy atom. The second kappa shape index (κ2) is 7.25. The maximum Gasteiger partial charge on any atom is 0.303 e. The van der Waals surface area contributed by atoms with Crippen LogP contribution in [-0.2, 0) is 4.79 Å². The third-order valence-corrected chi connectivity index (χ3v) is 4.55. The average molecular weight is 268 g/mol. The highest BCUT2D eigenvalue weighted by Gasteiger charge is 2.27. The summed E-state index contributed by atoms with van der Waals surface area (Å²) >= 11 is 0. The van der Waals surface area contributed by atoms with E-state index in [1.807, 2.05) is 0 Å². The van der Waals surface area contributed by atoms with E-state index in [1.165, 1.54) is 38.6 Å². The SMILES string of the molecule is CC1CNC(CCC(=O)O)CN(C2CCCCC2)C1. The van der Waals surface area contributed by atoms with Gasteiger partial charge in [-0.1, -0.05) is 26.2 Å². The summed E-state index contributed by atoms with van der Waals surface area (Å²) in [6.07, 6.45) is 7.82. The highest BCUT2D eigenvalue weighted by molar-refractivity contribution is 5.66. The van der Waals surface area contributed by atoms with Crippen LogP contribution in [0.1, 0.15) is 51.9 Å². The minimum Gasteiger partial charge on any atom is -0.481 e. The average Bonchev–Trinajstić information content (AvgIpc) is 2.59. The van der Waals surface area contributed by atoms with Crippen molar-refractivity contribution < 1.29 is 9.90 Å². The van der Waals surface area contributed by atoms with Crippen molar-refractivity contribution in [3.8, 4) is 0 Å². The largest absolute Gasteiger partial charge is 0.481 e. The van der Waals surface area contributed by atoms with E-state index >= 15 is 0 Å². The quantitative estimate of drug-likeness (QED) is 0.820. The molecule has 2 rings (SSSR count). The van der Waals surface area contributed by atoms with Gasteiger partial charge in [0.15, 0.2) is 0 Å². The van der Waals surface area contributed by atoms with E-state index in [4.69, 9.17) is 5.11 Å². The fraction of sp³-hybridized carbons (Fsp3) is 0.933. The molecule has 1 aliphatic heterocycles. The first-order valence-corrected chi connectivity index (χ1v) is 7.84. The molecule has 19 heavy (non-hydrogen) atoms. The molecule has 0 spiro atoms. The van der Waals surface area contributed by atoms with Gasteiger partial charge >= 0.3 is 5.97 Å². The molecular formula is C15H28N2O2. The fourth-order valence-electron chi connectivity index (χ4n) is 3.49. The second-order valence-corrected chi connectivity index (χ2v) is 6.39. The van der Waals surface area contributed by atoms with Gasteiger partial charge in [-0.15, -0.1) is 0 Å². The van der Waals surface area contributed by atoms with Gasteiger partial charge in [-0.2, -0.15) is 0 Å². The monoisotopic (exact) mass is 268 g/mol. The lowest BCUT2D eigenvalue weighted by molar-refractivity contribution is -0.137. The zero-order chi connectivity index (χ0) is 13.7. The van der Waals surface area contributed by atoms with Crippen LogP contribution in [0.4, 0.5) is 0 Å². The minimum absolute atomic E-state index is 0.282. The predicted octanol–water partition coefficient (Wildman–Crippen LogP) is 2.09. The van der Waals surface area contributed by atoms with Crippen LogP contribution in [0.3, 0.4) is 0 Å². The normalized spacial score (nSPS) is 31.0. The molecule has 1 saturated heterocycles. The summed E-state index contributed by atoms with van der Waals surface area (Å²) in [6, 6.07) is 1.09. The van der Waals surface area contributed by atoms with E-state index in [2.05, 4.69) is 17.1 Å². The van der Waals surface area contributed by atoms with Gasteiger partial charge in [0, 0.05) is 31.6 Å². The van der Waals surface area contributed by atoms with Crippen molar-refractivity contribution in [3.63, 3.8) is 0 Å². The lowest BCUT2D eigenvalue weighted by Crippen LogP contribution is -2.43.